The van der Waals surface area contributed by atoms with Crippen LogP contribution >= 0.6 is 0 Å². The zero-order valence-corrected chi connectivity index (χ0v) is 11.7. The summed E-state index contributed by atoms with van der Waals surface area (Å²) >= 11 is 0. The molecule has 2 amide bonds. The van der Waals surface area contributed by atoms with Gasteiger partial charge in [-0.25, -0.2) is 4.79 Å². The Labute approximate surface area is 113 Å². The molecule has 19 heavy (non-hydrogen) atoms. The topological polar surface area (TPSA) is 78.9 Å². The molecule has 2 aliphatic rings. The third-order valence-corrected chi connectivity index (χ3v) is 4.29. The Balaban J connectivity index is 1.94. The van der Waals surface area contributed by atoms with Crippen molar-refractivity contribution in [1.82, 2.24) is 10.2 Å². The summed E-state index contributed by atoms with van der Waals surface area (Å²) in [7, 11) is 0. The highest BCUT2D eigenvalue weighted by atomic mass is 16.5. The Morgan fingerprint density at radius 3 is 2.53 bits per heavy atom. The number of carboxylic acids is 1. The first kappa shape index (κ1) is 14.1. The van der Waals surface area contributed by atoms with E-state index in [2.05, 4.69) is 5.32 Å². The highest BCUT2D eigenvalue weighted by Crippen LogP contribution is 2.31. The average molecular weight is 270 g/mol. The first-order valence-electron chi connectivity index (χ1n) is 6.67. The number of hydrogen-bond donors (Lipinski definition) is 2. The van der Waals surface area contributed by atoms with Gasteiger partial charge in [-0.1, -0.05) is 0 Å². The fourth-order valence-corrected chi connectivity index (χ4v) is 2.68. The number of urea groups is 1. The molecule has 0 aromatic heterocycles. The van der Waals surface area contributed by atoms with Crippen LogP contribution in [0.1, 0.15) is 33.6 Å². The zero-order valence-electron chi connectivity index (χ0n) is 11.7. The highest BCUT2D eigenvalue weighted by molar-refractivity contribution is 5.79. The fraction of sp³-hybridized carbons (Fsp3) is 0.846. The monoisotopic (exact) mass is 270 g/mol. The molecule has 108 valence electrons. The maximum atomic E-state index is 12.2. The molecule has 2 atom stereocenters. The van der Waals surface area contributed by atoms with Crippen LogP contribution in [0.2, 0.25) is 0 Å². The van der Waals surface area contributed by atoms with Crippen molar-refractivity contribution >= 4 is 12.0 Å². The number of amides is 2. The first-order chi connectivity index (χ1) is 8.74. The van der Waals surface area contributed by atoms with Gasteiger partial charge in [-0.05, 0) is 33.6 Å². The van der Waals surface area contributed by atoms with Gasteiger partial charge in [-0.2, -0.15) is 0 Å². The smallest absolute Gasteiger partial charge is 0.317 e. The zero-order chi connectivity index (χ0) is 14.3. The van der Waals surface area contributed by atoms with Crippen LogP contribution in [0.5, 0.6) is 0 Å². The minimum atomic E-state index is -0.840. The molecule has 2 fully saturated rings. The van der Waals surface area contributed by atoms with E-state index >= 15 is 0 Å². The van der Waals surface area contributed by atoms with Crippen LogP contribution in [0.25, 0.3) is 0 Å². The quantitative estimate of drug-likeness (QED) is 0.786. The summed E-state index contributed by atoms with van der Waals surface area (Å²) in [6.07, 6.45) is 1.29. The van der Waals surface area contributed by atoms with Crippen LogP contribution < -0.4 is 5.32 Å². The second-order valence-electron chi connectivity index (χ2n) is 6.28. The van der Waals surface area contributed by atoms with E-state index in [0.29, 0.717) is 19.6 Å². The normalized spacial score (nSPS) is 33.4. The van der Waals surface area contributed by atoms with E-state index in [0.717, 1.165) is 6.42 Å². The molecule has 0 aromatic carbocycles. The molecule has 2 unspecified atom stereocenters. The Bertz CT molecular complexity index is 396. The molecule has 0 saturated carbocycles. The second kappa shape index (κ2) is 4.67. The minimum Gasteiger partial charge on any atom is -0.481 e. The molecular formula is C13H22N2O4. The van der Waals surface area contributed by atoms with Gasteiger partial charge in [-0.3, -0.25) is 4.79 Å². The number of nitrogens with one attached hydrogen (secondary N) is 1. The minimum absolute atomic E-state index is 0.0170. The predicted molar refractivity (Wildman–Crippen MR) is 68.9 cm³/mol. The van der Waals surface area contributed by atoms with Crippen LogP contribution in [0.15, 0.2) is 0 Å². The number of hydrogen-bond acceptors (Lipinski definition) is 3. The third-order valence-electron chi connectivity index (χ3n) is 4.29. The Hall–Kier alpha value is -1.30. The molecule has 0 aromatic rings. The summed E-state index contributed by atoms with van der Waals surface area (Å²) in [5, 5.41) is 12.1. The van der Waals surface area contributed by atoms with Crippen LogP contribution in [0.3, 0.4) is 0 Å². The van der Waals surface area contributed by atoms with Gasteiger partial charge < -0.3 is 20.1 Å². The van der Waals surface area contributed by atoms with Crippen molar-refractivity contribution in [3.63, 3.8) is 0 Å². The number of likely N-dealkylation sites (tertiary alicyclic amines) is 1. The molecule has 2 saturated heterocycles. The molecule has 0 spiro atoms. The van der Waals surface area contributed by atoms with Gasteiger partial charge in [-0.15, -0.1) is 0 Å². The lowest BCUT2D eigenvalue weighted by Gasteiger charge is -2.29. The third kappa shape index (κ3) is 2.68. The van der Waals surface area contributed by atoms with Crippen LogP contribution in [0, 0.1) is 5.41 Å². The van der Waals surface area contributed by atoms with E-state index in [1.54, 1.807) is 11.8 Å². The van der Waals surface area contributed by atoms with Gasteiger partial charge in [0.15, 0.2) is 0 Å². The van der Waals surface area contributed by atoms with E-state index in [-0.39, 0.29) is 24.2 Å². The molecule has 0 bridgehead atoms. The second-order valence-corrected chi connectivity index (χ2v) is 6.28. The van der Waals surface area contributed by atoms with Crippen molar-refractivity contribution < 1.29 is 19.4 Å². The summed E-state index contributed by atoms with van der Waals surface area (Å²) in [5.74, 6) is -0.840. The van der Waals surface area contributed by atoms with Crippen molar-refractivity contribution in [2.45, 2.75) is 45.3 Å². The summed E-state index contributed by atoms with van der Waals surface area (Å²) < 4.78 is 5.57. The number of aliphatic carboxylic acids is 1. The molecule has 2 heterocycles. The lowest BCUT2D eigenvalue weighted by molar-refractivity contribution is -0.147. The lowest BCUT2D eigenvalue weighted by Crippen LogP contribution is -2.51. The SMILES string of the molecule is CC1(C(=O)O)CCN(C(=O)NC2CCOC2(C)C)C1. The molecule has 0 aliphatic carbocycles. The molecule has 6 heteroatoms. The summed E-state index contributed by atoms with van der Waals surface area (Å²) in [6.45, 7) is 6.99. The molecule has 2 aliphatic heterocycles. The van der Waals surface area contributed by atoms with Gasteiger partial charge in [0.25, 0.3) is 0 Å². The summed E-state index contributed by atoms with van der Waals surface area (Å²) in [4.78, 5) is 24.9. The van der Waals surface area contributed by atoms with Gasteiger partial charge in [0, 0.05) is 19.7 Å². The number of rotatable bonds is 2. The van der Waals surface area contributed by atoms with Crippen molar-refractivity contribution in [3.05, 3.63) is 0 Å². The van der Waals surface area contributed by atoms with Crippen LogP contribution in [0.4, 0.5) is 4.79 Å². The van der Waals surface area contributed by atoms with Crippen LogP contribution in [-0.4, -0.2) is 53.3 Å². The van der Waals surface area contributed by atoms with Crippen LogP contribution in [-0.2, 0) is 9.53 Å². The number of nitrogens with zero attached hydrogens (tertiary/aromatic N) is 1. The van der Waals surface area contributed by atoms with E-state index in [1.165, 1.54) is 0 Å². The maximum absolute atomic E-state index is 12.2. The van der Waals surface area contributed by atoms with Gasteiger partial charge >= 0.3 is 12.0 Å². The summed E-state index contributed by atoms with van der Waals surface area (Å²) in [5.41, 5.74) is -1.18. The molecule has 2 rings (SSSR count). The largest absolute Gasteiger partial charge is 0.481 e. The predicted octanol–water partition coefficient (Wildman–Crippen LogP) is 1.06. The lowest BCUT2D eigenvalue weighted by atomic mass is 9.90. The van der Waals surface area contributed by atoms with E-state index in [9.17, 15) is 9.59 Å². The van der Waals surface area contributed by atoms with Gasteiger partial charge in [0.1, 0.15) is 0 Å². The Morgan fingerprint density at radius 2 is 2.05 bits per heavy atom. The summed E-state index contributed by atoms with van der Waals surface area (Å²) in [6, 6.07) is -0.203. The number of carbonyl (C=O) groups excluding carboxylic acids is 1. The van der Waals surface area contributed by atoms with Crippen molar-refractivity contribution in [1.29, 1.82) is 0 Å². The maximum Gasteiger partial charge on any atom is 0.317 e. The molecule has 6 nitrogen and oxygen atoms in total. The van der Waals surface area contributed by atoms with Crippen molar-refractivity contribution in [3.8, 4) is 0 Å². The fourth-order valence-electron chi connectivity index (χ4n) is 2.68. The number of carbonyl (C=O) groups is 2. The van der Waals surface area contributed by atoms with E-state index < -0.39 is 11.4 Å². The van der Waals surface area contributed by atoms with Gasteiger partial charge in [0.05, 0.1) is 17.1 Å². The highest BCUT2D eigenvalue weighted by Gasteiger charge is 2.44. The number of carboxylic acid groups (broad SMARTS) is 1. The standard InChI is InChI=1S/C13H22N2O4/c1-12(2)9(4-7-19-12)14-11(18)15-6-5-13(3,8-15)10(16)17/h9H,4-8H2,1-3H3,(H,14,18)(H,16,17). The molecule has 2 N–H and O–H groups in total. The Kier molecular flexibility index (Phi) is 3.47. The van der Waals surface area contributed by atoms with E-state index in [4.69, 9.17) is 9.84 Å². The first-order valence-corrected chi connectivity index (χ1v) is 6.67. The van der Waals surface area contributed by atoms with Gasteiger partial charge in [0.2, 0.25) is 0 Å². The van der Waals surface area contributed by atoms with Crippen molar-refractivity contribution in [2.75, 3.05) is 19.7 Å². The Morgan fingerprint density at radius 1 is 1.37 bits per heavy atom. The molecular weight excluding hydrogens is 248 g/mol. The van der Waals surface area contributed by atoms with E-state index in [1.807, 2.05) is 13.8 Å². The van der Waals surface area contributed by atoms with Crippen molar-refractivity contribution in [2.24, 2.45) is 5.41 Å². The molecule has 0 radical (unpaired) electrons. The average Bonchev–Trinajstić information content (AvgIpc) is 2.84. The number of ether oxygens (including phenoxy) is 1.